The first-order valence-corrected chi connectivity index (χ1v) is 8.84. The molecule has 6 heteroatoms. The second kappa shape index (κ2) is 7.66. The number of nitrogens with one attached hydrogen (secondary N) is 1. The summed E-state index contributed by atoms with van der Waals surface area (Å²) in [6.45, 7) is 5.88. The number of carbonyl (C=O) groups excluding carboxylic acids is 1. The lowest BCUT2D eigenvalue weighted by Gasteiger charge is -2.27. The van der Waals surface area contributed by atoms with E-state index in [1.54, 1.807) is 16.7 Å². The van der Waals surface area contributed by atoms with Crippen molar-refractivity contribution in [3.63, 3.8) is 0 Å². The number of amides is 1. The van der Waals surface area contributed by atoms with E-state index in [1.807, 2.05) is 11.0 Å². The molecule has 1 aromatic heterocycles. The van der Waals surface area contributed by atoms with Crippen LogP contribution >= 0.6 is 0 Å². The second-order valence-electron chi connectivity index (χ2n) is 6.30. The minimum Gasteiger partial charge on any atom is -0.408 e. The number of aryl methyl sites for hydroxylation is 1. The van der Waals surface area contributed by atoms with Gasteiger partial charge in [-0.1, -0.05) is 26.2 Å². The van der Waals surface area contributed by atoms with E-state index in [0.29, 0.717) is 30.8 Å². The SMILES string of the molecule is CCCCCCn1c(=O)oc2cc(C(=O)N3CCNCC3)ccc21. The highest BCUT2D eigenvalue weighted by atomic mass is 16.4. The van der Waals surface area contributed by atoms with Crippen LogP contribution in [-0.4, -0.2) is 41.6 Å². The predicted octanol–water partition coefficient (Wildman–Crippen LogP) is 2.22. The first-order valence-electron chi connectivity index (χ1n) is 8.84. The molecule has 1 aromatic carbocycles. The van der Waals surface area contributed by atoms with E-state index in [4.69, 9.17) is 4.42 Å². The Morgan fingerprint density at radius 3 is 2.75 bits per heavy atom. The van der Waals surface area contributed by atoms with E-state index in [9.17, 15) is 9.59 Å². The second-order valence-corrected chi connectivity index (χ2v) is 6.30. The van der Waals surface area contributed by atoms with Gasteiger partial charge in [-0.2, -0.15) is 0 Å². The van der Waals surface area contributed by atoms with Gasteiger partial charge >= 0.3 is 5.76 Å². The molecular formula is C18H25N3O3. The molecule has 6 nitrogen and oxygen atoms in total. The Balaban J connectivity index is 1.79. The summed E-state index contributed by atoms with van der Waals surface area (Å²) < 4.78 is 7.03. The van der Waals surface area contributed by atoms with Gasteiger partial charge in [0, 0.05) is 38.3 Å². The maximum absolute atomic E-state index is 12.6. The van der Waals surface area contributed by atoms with Crippen LogP contribution in [0.25, 0.3) is 11.1 Å². The predicted molar refractivity (Wildman–Crippen MR) is 93.4 cm³/mol. The van der Waals surface area contributed by atoms with Crippen LogP contribution in [0.15, 0.2) is 27.4 Å². The van der Waals surface area contributed by atoms with Crippen molar-refractivity contribution >= 4 is 17.0 Å². The number of benzene rings is 1. The van der Waals surface area contributed by atoms with Gasteiger partial charge in [0.2, 0.25) is 0 Å². The normalized spacial score (nSPS) is 15.1. The summed E-state index contributed by atoms with van der Waals surface area (Å²) in [5.41, 5.74) is 1.85. The van der Waals surface area contributed by atoms with Gasteiger partial charge in [0.25, 0.3) is 5.91 Å². The molecule has 0 atom stereocenters. The number of nitrogens with zero attached hydrogens (tertiary/aromatic N) is 2. The molecule has 0 radical (unpaired) electrons. The van der Waals surface area contributed by atoms with Crippen LogP contribution in [0.4, 0.5) is 0 Å². The van der Waals surface area contributed by atoms with Crippen molar-refractivity contribution in [3.05, 3.63) is 34.3 Å². The molecule has 0 unspecified atom stereocenters. The zero-order chi connectivity index (χ0) is 16.9. The fourth-order valence-corrected chi connectivity index (χ4v) is 3.16. The van der Waals surface area contributed by atoms with Crippen LogP contribution in [0.1, 0.15) is 43.0 Å². The average Bonchev–Trinajstić information content (AvgIpc) is 2.93. The van der Waals surface area contributed by atoms with Crippen LogP contribution in [0.5, 0.6) is 0 Å². The molecule has 1 fully saturated rings. The third-order valence-electron chi connectivity index (χ3n) is 4.55. The van der Waals surface area contributed by atoms with Crippen molar-refractivity contribution in [2.24, 2.45) is 0 Å². The van der Waals surface area contributed by atoms with Gasteiger partial charge in [-0.15, -0.1) is 0 Å². The Kier molecular flexibility index (Phi) is 5.35. The molecule has 0 bridgehead atoms. The van der Waals surface area contributed by atoms with Gasteiger partial charge in [-0.05, 0) is 24.6 Å². The van der Waals surface area contributed by atoms with Crippen LogP contribution in [0, 0.1) is 0 Å². The molecular weight excluding hydrogens is 306 g/mol. The Morgan fingerprint density at radius 1 is 1.21 bits per heavy atom. The van der Waals surface area contributed by atoms with Crippen molar-refractivity contribution in [3.8, 4) is 0 Å². The molecule has 1 N–H and O–H groups in total. The molecule has 2 aromatic rings. The van der Waals surface area contributed by atoms with Gasteiger partial charge in [0.1, 0.15) is 0 Å². The molecule has 0 spiro atoms. The summed E-state index contributed by atoms with van der Waals surface area (Å²) in [7, 11) is 0. The number of piperazine rings is 1. The van der Waals surface area contributed by atoms with Gasteiger partial charge in [-0.25, -0.2) is 4.79 Å². The lowest BCUT2D eigenvalue weighted by atomic mass is 10.1. The first kappa shape index (κ1) is 16.8. The third-order valence-corrected chi connectivity index (χ3v) is 4.55. The third kappa shape index (κ3) is 3.53. The van der Waals surface area contributed by atoms with Crippen molar-refractivity contribution in [1.29, 1.82) is 0 Å². The highest BCUT2D eigenvalue weighted by Crippen LogP contribution is 2.17. The van der Waals surface area contributed by atoms with E-state index in [-0.39, 0.29) is 11.7 Å². The first-order chi connectivity index (χ1) is 11.7. The molecule has 0 aliphatic carbocycles. The minimum atomic E-state index is -0.340. The van der Waals surface area contributed by atoms with Crippen molar-refractivity contribution in [2.75, 3.05) is 26.2 Å². The highest BCUT2D eigenvalue weighted by molar-refractivity contribution is 5.97. The Morgan fingerprint density at radius 2 is 2.00 bits per heavy atom. The smallest absolute Gasteiger partial charge is 0.408 e. The van der Waals surface area contributed by atoms with E-state index in [0.717, 1.165) is 31.4 Å². The summed E-state index contributed by atoms with van der Waals surface area (Å²) in [6, 6.07) is 5.32. The van der Waals surface area contributed by atoms with Gasteiger partial charge < -0.3 is 14.6 Å². The average molecular weight is 331 g/mol. The lowest BCUT2D eigenvalue weighted by molar-refractivity contribution is 0.0736. The molecule has 1 amide bonds. The van der Waals surface area contributed by atoms with Gasteiger partial charge in [-0.3, -0.25) is 9.36 Å². The number of aromatic nitrogens is 1. The van der Waals surface area contributed by atoms with Crippen LogP contribution in [-0.2, 0) is 6.54 Å². The quantitative estimate of drug-likeness (QED) is 0.824. The van der Waals surface area contributed by atoms with E-state index >= 15 is 0 Å². The van der Waals surface area contributed by atoms with Crippen molar-refractivity contribution in [2.45, 2.75) is 39.2 Å². The van der Waals surface area contributed by atoms with E-state index in [1.165, 1.54) is 12.8 Å². The number of rotatable bonds is 6. The fourth-order valence-electron chi connectivity index (χ4n) is 3.16. The molecule has 24 heavy (non-hydrogen) atoms. The molecule has 1 saturated heterocycles. The van der Waals surface area contributed by atoms with Crippen molar-refractivity contribution in [1.82, 2.24) is 14.8 Å². The van der Waals surface area contributed by atoms with Crippen LogP contribution in [0.2, 0.25) is 0 Å². The summed E-state index contributed by atoms with van der Waals surface area (Å²) in [4.78, 5) is 26.5. The Hall–Kier alpha value is -2.08. The standard InChI is InChI=1S/C18H25N3O3/c1-2-3-4-5-10-21-15-7-6-14(13-16(15)24-18(21)23)17(22)20-11-8-19-9-12-20/h6-7,13,19H,2-5,8-12H2,1H3. The molecule has 130 valence electrons. The number of oxazole rings is 1. The largest absolute Gasteiger partial charge is 0.419 e. The molecule has 2 heterocycles. The number of unbranched alkanes of at least 4 members (excludes halogenated alkanes) is 3. The molecule has 3 rings (SSSR count). The summed E-state index contributed by atoms with van der Waals surface area (Å²) >= 11 is 0. The lowest BCUT2D eigenvalue weighted by Crippen LogP contribution is -2.46. The number of carbonyl (C=O) groups is 1. The number of fused-ring (bicyclic) bond motifs is 1. The van der Waals surface area contributed by atoms with Crippen LogP contribution < -0.4 is 11.1 Å². The zero-order valence-corrected chi connectivity index (χ0v) is 14.2. The minimum absolute atomic E-state index is 0.00301. The topological polar surface area (TPSA) is 67.5 Å². The van der Waals surface area contributed by atoms with E-state index in [2.05, 4.69) is 12.2 Å². The fraction of sp³-hybridized carbons (Fsp3) is 0.556. The summed E-state index contributed by atoms with van der Waals surface area (Å²) in [5.74, 6) is -0.343. The maximum atomic E-state index is 12.6. The van der Waals surface area contributed by atoms with Crippen LogP contribution in [0.3, 0.4) is 0 Å². The number of hydrogen-bond acceptors (Lipinski definition) is 4. The zero-order valence-electron chi connectivity index (χ0n) is 14.2. The van der Waals surface area contributed by atoms with Gasteiger partial charge in [0.15, 0.2) is 5.58 Å². The highest BCUT2D eigenvalue weighted by Gasteiger charge is 2.19. The van der Waals surface area contributed by atoms with E-state index < -0.39 is 0 Å². The molecule has 1 aliphatic rings. The Labute approximate surface area is 141 Å². The van der Waals surface area contributed by atoms with Crippen molar-refractivity contribution < 1.29 is 9.21 Å². The monoisotopic (exact) mass is 331 g/mol. The molecule has 1 aliphatic heterocycles. The summed E-state index contributed by atoms with van der Waals surface area (Å²) in [6.07, 6.45) is 4.41. The van der Waals surface area contributed by atoms with Gasteiger partial charge in [0.05, 0.1) is 5.52 Å². The summed E-state index contributed by atoms with van der Waals surface area (Å²) in [5, 5.41) is 3.23. The maximum Gasteiger partial charge on any atom is 0.419 e. The Bertz CT molecular complexity index is 756. The number of hydrogen-bond donors (Lipinski definition) is 1. The molecule has 0 saturated carbocycles.